The lowest BCUT2D eigenvalue weighted by molar-refractivity contribution is 0.198. The molecule has 1 aromatic rings. The fourth-order valence-corrected chi connectivity index (χ4v) is 2.78. The first-order chi connectivity index (χ1) is 9.71. The zero-order chi connectivity index (χ0) is 16.1. The molecule has 120 valence electrons. The van der Waals surface area contributed by atoms with Crippen molar-refractivity contribution >= 4 is 8.32 Å². The molecule has 0 saturated carbocycles. The van der Waals surface area contributed by atoms with Gasteiger partial charge in [0.2, 0.25) is 0 Å². The molecule has 0 saturated heterocycles. The van der Waals surface area contributed by atoms with Gasteiger partial charge in [0.05, 0.1) is 13.2 Å². The van der Waals surface area contributed by atoms with E-state index in [1.54, 1.807) is 0 Å². The van der Waals surface area contributed by atoms with Crippen LogP contribution in [0.25, 0.3) is 0 Å². The molecule has 1 N–H and O–H groups in total. The smallest absolute Gasteiger partial charge is 0.192 e. The summed E-state index contributed by atoms with van der Waals surface area (Å²) in [5.74, 6) is 0.774. The van der Waals surface area contributed by atoms with E-state index in [-0.39, 0.29) is 11.6 Å². The van der Waals surface area contributed by atoms with Crippen molar-refractivity contribution in [3.63, 3.8) is 0 Å². The van der Waals surface area contributed by atoms with Crippen LogP contribution in [0.4, 0.5) is 0 Å². The average molecular weight is 311 g/mol. The van der Waals surface area contributed by atoms with Gasteiger partial charge in [0.15, 0.2) is 8.32 Å². The summed E-state index contributed by atoms with van der Waals surface area (Å²) in [4.78, 5) is 0. The fourth-order valence-electron chi connectivity index (χ4n) is 1.75. The first-order valence-corrected chi connectivity index (χ1v) is 10.6. The summed E-state index contributed by atoms with van der Waals surface area (Å²) in [6.07, 6.45) is 0.961. The standard InChI is InChI=1S/C17H30O3Si/c1-7-14-8-9-15(13-18)16(12-14)19-10-11-20-21(5,6)17(2,3)4/h8-9,12,18H,7,10-11,13H2,1-6H3. The van der Waals surface area contributed by atoms with E-state index in [1.807, 2.05) is 18.2 Å². The minimum absolute atomic E-state index is 0.00240. The van der Waals surface area contributed by atoms with Crippen molar-refractivity contribution in [2.45, 2.75) is 58.9 Å². The number of hydrogen-bond acceptors (Lipinski definition) is 3. The Morgan fingerprint density at radius 3 is 2.33 bits per heavy atom. The number of hydrogen-bond donors (Lipinski definition) is 1. The van der Waals surface area contributed by atoms with Gasteiger partial charge in [0.1, 0.15) is 12.4 Å². The van der Waals surface area contributed by atoms with Gasteiger partial charge in [-0.05, 0) is 36.2 Å². The van der Waals surface area contributed by atoms with Gasteiger partial charge in [-0.15, -0.1) is 0 Å². The Balaban J connectivity index is 2.57. The van der Waals surface area contributed by atoms with Crippen LogP contribution in [0, 0.1) is 0 Å². The molecule has 0 heterocycles. The van der Waals surface area contributed by atoms with Crippen LogP contribution < -0.4 is 4.74 Å². The second-order valence-electron chi connectivity index (χ2n) is 6.91. The molecule has 0 aliphatic carbocycles. The highest BCUT2D eigenvalue weighted by Crippen LogP contribution is 2.36. The summed E-state index contributed by atoms with van der Waals surface area (Å²) in [6.45, 7) is 14.4. The van der Waals surface area contributed by atoms with Crippen LogP contribution in [-0.4, -0.2) is 26.6 Å². The first-order valence-electron chi connectivity index (χ1n) is 7.70. The van der Waals surface area contributed by atoms with Gasteiger partial charge < -0.3 is 14.3 Å². The number of rotatable bonds is 7. The van der Waals surface area contributed by atoms with Crippen LogP contribution in [0.15, 0.2) is 18.2 Å². The molecule has 0 fully saturated rings. The summed E-state index contributed by atoms with van der Waals surface area (Å²) in [5, 5.41) is 9.58. The molecule has 0 aromatic heterocycles. The van der Waals surface area contributed by atoms with Crippen LogP contribution in [-0.2, 0) is 17.5 Å². The van der Waals surface area contributed by atoms with E-state index in [9.17, 15) is 5.11 Å². The van der Waals surface area contributed by atoms with Crippen molar-refractivity contribution in [2.75, 3.05) is 13.2 Å². The van der Waals surface area contributed by atoms with Crippen molar-refractivity contribution < 1.29 is 14.3 Å². The van der Waals surface area contributed by atoms with Crippen molar-refractivity contribution in [3.05, 3.63) is 29.3 Å². The SMILES string of the molecule is CCc1ccc(CO)c(OCCO[Si](C)(C)C(C)(C)C)c1. The monoisotopic (exact) mass is 310 g/mol. The molecule has 0 spiro atoms. The lowest BCUT2D eigenvalue weighted by atomic mass is 10.1. The lowest BCUT2D eigenvalue weighted by Crippen LogP contribution is -2.41. The quantitative estimate of drug-likeness (QED) is 0.607. The number of ether oxygens (including phenoxy) is 1. The minimum Gasteiger partial charge on any atom is -0.491 e. The molecule has 1 rings (SSSR count). The van der Waals surface area contributed by atoms with E-state index in [4.69, 9.17) is 9.16 Å². The molecule has 0 amide bonds. The Labute approximate surface area is 130 Å². The van der Waals surface area contributed by atoms with E-state index < -0.39 is 8.32 Å². The summed E-state index contributed by atoms with van der Waals surface area (Å²) in [6, 6.07) is 5.98. The van der Waals surface area contributed by atoms with Crippen LogP contribution in [0.5, 0.6) is 5.75 Å². The number of aryl methyl sites for hydroxylation is 1. The molecular formula is C17H30O3Si. The van der Waals surface area contributed by atoms with E-state index in [0.717, 1.165) is 17.7 Å². The highest BCUT2D eigenvalue weighted by Gasteiger charge is 2.36. The maximum atomic E-state index is 9.37. The highest BCUT2D eigenvalue weighted by molar-refractivity contribution is 6.74. The van der Waals surface area contributed by atoms with E-state index in [2.05, 4.69) is 40.8 Å². The summed E-state index contributed by atoms with van der Waals surface area (Å²) in [7, 11) is -1.71. The third kappa shape index (κ3) is 5.13. The summed E-state index contributed by atoms with van der Waals surface area (Å²) < 4.78 is 11.9. The first kappa shape index (κ1) is 18.2. The van der Waals surface area contributed by atoms with Gasteiger partial charge >= 0.3 is 0 Å². The predicted octanol–water partition coefficient (Wildman–Crippen LogP) is 4.14. The molecule has 0 unspecified atom stereocenters. The van der Waals surface area contributed by atoms with E-state index in [1.165, 1.54) is 5.56 Å². The number of benzene rings is 1. The minimum atomic E-state index is -1.71. The second-order valence-corrected chi connectivity index (χ2v) is 11.7. The van der Waals surface area contributed by atoms with Crippen molar-refractivity contribution in [1.29, 1.82) is 0 Å². The van der Waals surface area contributed by atoms with Crippen LogP contribution in [0.3, 0.4) is 0 Å². The Morgan fingerprint density at radius 2 is 1.81 bits per heavy atom. The van der Waals surface area contributed by atoms with Gasteiger partial charge in [-0.25, -0.2) is 0 Å². The molecule has 1 aromatic carbocycles. The van der Waals surface area contributed by atoms with Crippen LogP contribution in [0.2, 0.25) is 18.1 Å². The third-order valence-corrected chi connectivity index (χ3v) is 8.86. The molecular weight excluding hydrogens is 280 g/mol. The fraction of sp³-hybridized carbons (Fsp3) is 0.647. The Kier molecular flexibility index (Phi) is 6.44. The number of aliphatic hydroxyl groups excluding tert-OH is 1. The molecule has 0 atom stereocenters. The predicted molar refractivity (Wildman–Crippen MR) is 90.4 cm³/mol. The highest BCUT2D eigenvalue weighted by atomic mass is 28.4. The maximum absolute atomic E-state index is 9.37. The molecule has 3 nitrogen and oxygen atoms in total. The lowest BCUT2D eigenvalue weighted by Gasteiger charge is -2.36. The molecule has 21 heavy (non-hydrogen) atoms. The molecule has 0 radical (unpaired) electrons. The van der Waals surface area contributed by atoms with Gasteiger partial charge in [0, 0.05) is 5.56 Å². The molecule has 0 aliphatic heterocycles. The van der Waals surface area contributed by atoms with Crippen LogP contribution in [0.1, 0.15) is 38.8 Å². The van der Waals surface area contributed by atoms with Gasteiger partial charge in [-0.1, -0.05) is 39.8 Å². The van der Waals surface area contributed by atoms with Crippen molar-refractivity contribution in [2.24, 2.45) is 0 Å². The largest absolute Gasteiger partial charge is 0.491 e. The molecule has 0 aliphatic rings. The zero-order valence-electron chi connectivity index (χ0n) is 14.3. The summed E-state index contributed by atoms with van der Waals surface area (Å²) in [5.41, 5.74) is 2.05. The Morgan fingerprint density at radius 1 is 1.14 bits per heavy atom. The molecule has 4 heteroatoms. The van der Waals surface area contributed by atoms with E-state index >= 15 is 0 Å². The van der Waals surface area contributed by atoms with Gasteiger partial charge in [-0.2, -0.15) is 0 Å². The normalized spacial score (nSPS) is 12.5. The Bertz CT molecular complexity index is 450. The topological polar surface area (TPSA) is 38.7 Å². The van der Waals surface area contributed by atoms with Crippen LogP contribution >= 0.6 is 0 Å². The van der Waals surface area contributed by atoms with Crippen molar-refractivity contribution in [1.82, 2.24) is 0 Å². The van der Waals surface area contributed by atoms with Gasteiger partial charge in [-0.3, -0.25) is 0 Å². The summed E-state index contributed by atoms with van der Waals surface area (Å²) >= 11 is 0. The molecule has 0 bridgehead atoms. The second kappa shape index (κ2) is 7.43. The average Bonchev–Trinajstić information content (AvgIpc) is 2.42. The third-order valence-electron chi connectivity index (χ3n) is 4.32. The van der Waals surface area contributed by atoms with Gasteiger partial charge in [0.25, 0.3) is 0 Å². The van der Waals surface area contributed by atoms with E-state index in [0.29, 0.717) is 13.2 Å². The van der Waals surface area contributed by atoms with Crippen molar-refractivity contribution in [3.8, 4) is 5.75 Å². The number of aliphatic hydroxyl groups is 1. The zero-order valence-corrected chi connectivity index (χ0v) is 15.3. The maximum Gasteiger partial charge on any atom is 0.192 e. The Hall–Kier alpha value is -0.843.